The van der Waals surface area contributed by atoms with E-state index in [0.717, 1.165) is 31.2 Å². The van der Waals surface area contributed by atoms with Crippen LogP contribution in [0.5, 0.6) is 0 Å². The maximum atomic E-state index is 13.2. The van der Waals surface area contributed by atoms with E-state index in [0.29, 0.717) is 25.2 Å². The molecule has 0 aromatic heterocycles. The summed E-state index contributed by atoms with van der Waals surface area (Å²) in [5.41, 5.74) is 1.42. The summed E-state index contributed by atoms with van der Waals surface area (Å²) in [5.74, 6) is -0.314. The van der Waals surface area contributed by atoms with Crippen molar-refractivity contribution in [1.29, 1.82) is 0 Å². The van der Waals surface area contributed by atoms with Gasteiger partial charge in [0.05, 0.1) is 25.7 Å². The van der Waals surface area contributed by atoms with Crippen LogP contribution in [0.3, 0.4) is 0 Å². The Morgan fingerprint density at radius 2 is 1.71 bits per heavy atom. The lowest BCUT2D eigenvalue weighted by molar-refractivity contribution is -0.890. The summed E-state index contributed by atoms with van der Waals surface area (Å²) in [6.07, 6.45) is 3.73. The van der Waals surface area contributed by atoms with Crippen LogP contribution in [-0.4, -0.2) is 52.4 Å². The fourth-order valence-corrected chi connectivity index (χ4v) is 5.92. The van der Waals surface area contributed by atoms with Crippen molar-refractivity contribution in [3.8, 4) is 0 Å². The average Bonchev–Trinajstić information content (AvgIpc) is 3.05. The molecule has 1 aliphatic rings. The van der Waals surface area contributed by atoms with Gasteiger partial charge in [-0.2, -0.15) is 4.31 Å². The molecule has 0 aliphatic carbocycles. The van der Waals surface area contributed by atoms with Crippen LogP contribution in [0.1, 0.15) is 47.6 Å². The van der Waals surface area contributed by atoms with Gasteiger partial charge in [-0.15, -0.1) is 0 Å². The first-order chi connectivity index (χ1) is 14.8. The molecule has 1 amide bonds. The Balaban J connectivity index is 1.78. The molecule has 1 aliphatic heterocycles. The van der Waals surface area contributed by atoms with Crippen LogP contribution in [-0.2, 0) is 10.0 Å². The van der Waals surface area contributed by atoms with Gasteiger partial charge in [0.15, 0.2) is 0 Å². The molecule has 2 aromatic carbocycles. The first-order valence-corrected chi connectivity index (χ1v) is 12.6. The molecule has 0 spiro atoms. The predicted molar refractivity (Wildman–Crippen MR) is 123 cm³/mol. The lowest BCUT2D eigenvalue weighted by Crippen LogP contribution is -3.07. The topological polar surface area (TPSA) is 70.9 Å². The van der Waals surface area contributed by atoms with Crippen LogP contribution < -0.4 is 10.2 Å². The highest BCUT2D eigenvalue weighted by molar-refractivity contribution is 7.89. The highest BCUT2D eigenvalue weighted by Gasteiger charge is 2.28. The lowest BCUT2D eigenvalue weighted by Gasteiger charge is -2.23. The van der Waals surface area contributed by atoms with E-state index in [9.17, 15) is 13.2 Å². The molecule has 0 saturated carbocycles. The van der Waals surface area contributed by atoms with Crippen molar-refractivity contribution in [1.82, 2.24) is 9.62 Å². The molecule has 168 valence electrons. The minimum absolute atomic E-state index is 0.00145. The number of likely N-dealkylation sites (N-methyl/N-ethyl adjacent to an activating group) is 1. The molecule has 2 aromatic rings. The molecule has 31 heavy (non-hydrogen) atoms. The largest absolute Gasteiger partial charge is 0.346 e. The highest BCUT2D eigenvalue weighted by atomic mass is 35.5. The maximum Gasteiger partial charge on any atom is 0.251 e. The van der Waals surface area contributed by atoms with Gasteiger partial charge < -0.3 is 10.2 Å². The van der Waals surface area contributed by atoms with E-state index in [-0.39, 0.29) is 21.9 Å². The first-order valence-electron chi connectivity index (χ1n) is 10.7. The monoisotopic (exact) mass is 464 g/mol. The van der Waals surface area contributed by atoms with Crippen LogP contribution in [0.2, 0.25) is 5.02 Å². The molecule has 3 rings (SSSR count). The Kier molecular flexibility index (Phi) is 8.11. The minimum Gasteiger partial charge on any atom is -0.346 e. The summed E-state index contributed by atoms with van der Waals surface area (Å²) in [6, 6.07) is 14.5. The smallest absolute Gasteiger partial charge is 0.251 e. The van der Waals surface area contributed by atoms with Crippen molar-refractivity contribution in [2.75, 3.05) is 33.7 Å². The summed E-state index contributed by atoms with van der Waals surface area (Å²) in [7, 11) is 0.337. The zero-order chi connectivity index (χ0) is 22.4. The normalized spacial score (nSPS) is 16.6. The summed E-state index contributed by atoms with van der Waals surface area (Å²) in [6.45, 7) is 1.40. The number of nitrogens with zero attached hydrogens (tertiary/aromatic N) is 1. The number of benzene rings is 2. The summed E-state index contributed by atoms with van der Waals surface area (Å²) in [5, 5.41) is 3.09. The van der Waals surface area contributed by atoms with Crippen molar-refractivity contribution in [2.24, 2.45) is 0 Å². The second-order valence-electron chi connectivity index (χ2n) is 8.21. The second-order valence-corrected chi connectivity index (χ2v) is 10.5. The molecule has 0 bridgehead atoms. The number of carbonyl (C=O) groups excluding carboxylic acids is 1. The number of halogens is 1. The summed E-state index contributed by atoms with van der Waals surface area (Å²) >= 11 is 6.25. The first kappa shape index (κ1) is 23.7. The fraction of sp³-hybridized carbons (Fsp3) is 0.435. The number of amides is 1. The number of carbonyl (C=O) groups is 1. The van der Waals surface area contributed by atoms with E-state index in [1.807, 2.05) is 44.4 Å². The van der Waals surface area contributed by atoms with Gasteiger partial charge in [0, 0.05) is 24.2 Å². The van der Waals surface area contributed by atoms with Crippen molar-refractivity contribution in [3.05, 3.63) is 64.7 Å². The van der Waals surface area contributed by atoms with Gasteiger partial charge in [0.2, 0.25) is 10.0 Å². The number of nitrogens with one attached hydrogen (secondary N) is 2. The number of rotatable bonds is 7. The average molecular weight is 465 g/mol. The number of hydrogen-bond acceptors (Lipinski definition) is 3. The van der Waals surface area contributed by atoms with E-state index < -0.39 is 10.0 Å². The Hall–Kier alpha value is -1.93. The van der Waals surface area contributed by atoms with Gasteiger partial charge in [0.25, 0.3) is 5.91 Å². The molecule has 2 N–H and O–H groups in total. The molecular weight excluding hydrogens is 434 g/mol. The number of quaternary nitrogens is 1. The highest BCUT2D eigenvalue weighted by Crippen LogP contribution is 2.27. The van der Waals surface area contributed by atoms with Crippen LogP contribution in [0.25, 0.3) is 0 Å². The van der Waals surface area contributed by atoms with Crippen LogP contribution in [0, 0.1) is 0 Å². The molecular formula is C23H31ClN3O3S+. The Morgan fingerprint density at radius 1 is 1.06 bits per heavy atom. The fourth-order valence-electron chi connectivity index (χ4n) is 3.90. The molecule has 1 heterocycles. The van der Waals surface area contributed by atoms with Crippen molar-refractivity contribution in [3.63, 3.8) is 0 Å². The van der Waals surface area contributed by atoms with Gasteiger partial charge in [-0.1, -0.05) is 54.8 Å². The van der Waals surface area contributed by atoms with Gasteiger partial charge in [-0.25, -0.2) is 8.42 Å². The molecule has 0 unspecified atom stereocenters. The molecule has 0 radical (unpaired) electrons. The Morgan fingerprint density at radius 3 is 2.32 bits per heavy atom. The molecule has 8 heteroatoms. The third kappa shape index (κ3) is 5.86. The molecule has 6 nitrogen and oxygen atoms in total. The Bertz CT molecular complexity index is 988. The quantitative estimate of drug-likeness (QED) is 0.661. The standard InChI is InChI=1S/C23H30ClN3O3S/c1-26(2)21(18-10-6-5-7-11-18)17-25-23(28)19-12-13-20(24)22(16-19)31(29,30)27-14-8-3-4-9-15-27/h5-7,10-13,16,21H,3-4,8-9,14-15,17H2,1-2H3,(H,25,28)/p+1/t21-/m0/s1. The molecule has 1 atom stereocenters. The van der Waals surface area contributed by atoms with E-state index in [1.54, 1.807) is 6.07 Å². The zero-order valence-electron chi connectivity index (χ0n) is 18.1. The molecule has 1 fully saturated rings. The number of sulfonamides is 1. The summed E-state index contributed by atoms with van der Waals surface area (Å²) < 4.78 is 27.9. The van der Waals surface area contributed by atoms with Crippen molar-refractivity contribution < 1.29 is 18.1 Å². The zero-order valence-corrected chi connectivity index (χ0v) is 19.7. The third-order valence-corrected chi connectivity index (χ3v) is 8.12. The van der Waals surface area contributed by atoms with Crippen LogP contribution in [0.4, 0.5) is 0 Å². The SMILES string of the molecule is C[NH+](C)[C@@H](CNC(=O)c1ccc(Cl)c(S(=O)(=O)N2CCCCCC2)c1)c1ccccc1. The second kappa shape index (κ2) is 10.6. The van der Waals surface area contributed by atoms with E-state index in [2.05, 4.69) is 5.32 Å². The van der Waals surface area contributed by atoms with Gasteiger partial charge in [-0.05, 0) is 31.0 Å². The van der Waals surface area contributed by atoms with Gasteiger partial charge >= 0.3 is 0 Å². The van der Waals surface area contributed by atoms with Crippen molar-refractivity contribution in [2.45, 2.75) is 36.6 Å². The van der Waals surface area contributed by atoms with Gasteiger partial charge in [0.1, 0.15) is 10.9 Å². The molecule has 1 saturated heterocycles. The van der Waals surface area contributed by atoms with E-state index >= 15 is 0 Å². The van der Waals surface area contributed by atoms with Gasteiger partial charge in [-0.3, -0.25) is 4.79 Å². The van der Waals surface area contributed by atoms with Crippen LogP contribution >= 0.6 is 11.6 Å². The number of hydrogen-bond donors (Lipinski definition) is 2. The minimum atomic E-state index is -3.74. The van der Waals surface area contributed by atoms with Crippen LogP contribution in [0.15, 0.2) is 53.4 Å². The third-order valence-electron chi connectivity index (χ3n) is 5.74. The lowest BCUT2D eigenvalue weighted by atomic mass is 10.1. The van der Waals surface area contributed by atoms with Crippen molar-refractivity contribution >= 4 is 27.5 Å². The predicted octanol–water partition coefficient (Wildman–Crippen LogP) is 2.52. The maximum absolute atomic E-state index is 13.2. The Labute approximate surface area is 190 Å². The summed E-state index contributed by atoms with van der Waals surface area (Å²) in [4.78, 5) is 14.0. The van der Waals surface area contributed by atoms with E-state index in [1.165, 1.54) is 21.3 Å². The van der Waals surface area contributed by atoms with E-state index in [4.69, 9.17) is 11.6 Å².